The first-order chi connectivity index (χ1) is 10.3. The number of carbonyl (C=O) groups is 2. The van der Waals surface area contributed by atoms with Gasteiger partial charge in [0.1, 0.15) is 0 Å². The van der Waals surface area contributed by atoms with E-state index < -0.39 is 24.6 Å². The van der Waals surface area contributed by atoms with Gasteiger partial charge in [-0.2, -0.15) is 13.2 Å². The van der Waals surface area contributed by atoms with Gasteiger partial charge in [-0.3, -0.25) is 9.59 Å². The molecule has 0 aliphatic heterocycles. The first-order valence-corrected chi connectivity index (χ1v) is 6.18. The highest BCUT2D eigenvalue weighted by atomic mass is 19.4. The maximum atomic E-state index is 12.1. The van der Waals surface area contributed by atoms with Gasteiger partial charge in [0.2, 0.25) is 17.7 Å². The minimum atomic E-state index is -4.48. The van der Waals surface area contributed by atoms with Gasteiger partial charge in [0.25, 0.3) is 0 Å². The zero-order chi connectivity index (χ0) is 16.6. The molecule has 0 atom stereocenters. The Hall–Kier alpha value is -2.36. The van der Waals surface area contributed by atoms with E-state index in [2.05, 4.69) is 20.4 Å². The zero-order valence-corrected chi connectivity index (χ0v) is 11.4. The predicted octanol–water partition coefficient (Wildman–Crippen LogP) is -0.286. The summed E-state index contributed by atoms with van der Waals surface area (Å²) in [5.41, 5.74) is 5.33. The number of nitrogens with zero attached hydrogens (tertiary/aromatic N) is 1. The molecule has 0 aromatic carbocycles. The van der Waals surface area contributed by atoms with Crippen molar-refractivity contribution in [2.45, 2.75) is 12.7 Å². The van der Waals surface area contributed by atoms with Crippen LogP contribution in [0.2, 0.25) is 0 Å². The molecule has 10 heteroatoms. The van der Waals surface area contributed by atoms with Crippen molar-refractivity contribution in [1.29, 1.82) is 0 Å². The minimum Gasteiger partial charge on any atom is -0.468 e. The van der Waals surface area contributed by atoms with Gasteiger partial charge in [-0.15, -0.1) is 0 Å². The van der Waals surface area contributed by atoms with Crippen molar-refractivity contribution in [2.75, 3.05) is 19.7 Å². The fraction of sp³-hybridized carbons (Fsp3) is 0.417. The summed E-state index contributed by atoms with van der Waals surface area (Å²) in [6.07, 6.45) is -3.21. The number of carbonyl (C=O) groups excluding carboxylic acids is 2. The summed E-state index contributed by atoms with van der Waals surface area (Å²) >= 11 is 0. The van der Waals surface area contributed by atoms with Crippen LogP contribution in [0.3, 0.4) is 0 Å². The Morgan fingerprint density at radius 2 is 2.00 bits per heavy atom. The van der Waals surface area contributed by atoms with Gasteiger partial charge in [-0.05, 0) is 6.07 Å². The third-order valence-electron chi connectivity index (χ3n) is 2.33. The molecule has 0 spiro atoms. The monoisotopic (exact) mass is 320 g/mol. The Morgan fingerprint density at radius 1 is 1.27 bits per heavy atom. The van der Waals surface area contributed by atoms with Gasteiger partial charge in [-0.1, -0.05) is 6.07 Å². The lowest BCUT2D eigenvalue weighted by Gasteiger charge is -2.12. The Labute approximate surface area is 124 Å². The van der Waals surface area contributed by atoms with Crippen LogP contribution in [-0.2, 0) is 16.1 Å². The summed E-state index contributed by atoms with van der Waals surface area (Å²) in [5, 5.41) is 4.68. The van der Waals surface area contributed by atoms with Crippen molar-refractivity contribution in [2.24, 2.45) is 5.73 Å². The predicted molar refractivity (Wildman–Crippen MR) is 69.7 cm³/mol. The molecule has 122 valence electrons. The van der Waals surface area contributed by atoms with E-state index in [-0.39, 0.29) is 31.1 Å². The number of halogens is 3. The Morgan fingerprint density at radius 3 is 2.64 bits per heavy atom. The van der Waals surface area contributed by atoms with Crippen LogP contribution in [0.1, 0.15) is 5.56 Å². The van der Waals surface area contributed by atoms with E-state index in [0.29, 0.717) is 0 Å². The van der Waals surface area contributed by atoms with E-state index in [1.54, 1.807) is 0 Å². The van der Waals surface area contributed by atoms with Crippen LogP contribution >= 0.6 is 0 Å². The topological polar surface area (TPSA) is 106 Å². The molecular formula is C12H15F3N4O3. The molecule has 0 fully saturated rings. The molecule has 0 bridgehead atoms. The second-order valence-electron chi connectivity index (χ2n) is 4.13. The van der Waals surface area contributed by atoms with Gasteiger partial charge in [0.15, 0.2) is 6.61 Å². The molecule has 4 N–H and O–H groups in total. The molecule has 1 aromatic rings. The van der Waals surface area contributed by atoms with Crippen molar-refractivity contribution in [1.82, 2.24) is 15.6 Å². The van der Waals surface area contributed by atoms with Crippen molar-refractivity contribution < 1.29 is 27.5 Å². The van der Waals surface area contributed by atoms with Crippen molar-refractivity contribution in [3.63, 3.8) is 0 Å². The molecule has 0 aliphatic carbocycles. The Bertz CT molecular complexity index is 523. The SMILES string of the molecule is NCC(=O)NCC(=O)NCc1cccnc1OCC(F)(F)F. The summed E-state index contributed by atoms with van der Waals surface area (Å²) < 4.78 is 40.9. The van der Waals surface area contributed by atoms with Crippen LogP contribution in [0.5, 0.6) is 5.88 Å². The highest BCUT2D eigenvalue weighted by Gasteiger charge is 2.29. The summed E-state index contributed by atoms with van der Waals surface area (Å²) in [7, 11) is 0. The number of nitrogens with two attached hydrogens (primary N) is 1. The molecule has 0 unspecified atom stereocenters. The average Bonchev–Trinajstić information content (AvgIpc) is 2.48. The standard InChI is InChI=1S/C12H15F3N4O3/c13-12(14,15)7-22-11-8(2-1-3-17-11)5-18-10(21)6-19-9(20)4-16/h1-3H,4-7,16H2,(H,18,21)(H,19,20). The van der Waals surface area contributed by atoms with Gasteiger partial charge in [0.05, 0.1) is 13.1 Å². The average molecular weight is 320 g/mol. The molecule has 0 saturated heterocycles. The minimum absolute atomic E-state index is 0.0850. The number of pyridine rings is 1. The van der Waals surface area contributed by atoms with Crippen LogP contribution in [0.4, 0.5) is 13.2 Å². The van der Waals surface area contributed by atoms with Crippen LogP contribution < -0.4 is 21.1 Å². The van der Waals surface area contributed by atoms with Gasteiger partial charge in [-0.25, -0.2) is 4.98 Å². The summed E-state index contributed by atoms with van der Waals surface area (Å²) in [6.45, 7) is -2.09. The van der Waals surface area contributed by atoms with Gasteiger partial charge in [0, 0.05) is 18.3 Å². The first kappa shape index (κ1) is 17.7. The lowest BCUT2D eigenvalue weighted by Crippen LogP contribution is -2.39. The van der Waals surface area contributed by atoms with Crippen LogP contribution in [-0.4, -0.2) is 42.7 Å². The smallest absolute Gasteiger partial charge is 0.422 e. The lowest BCUT2D eigenvalue weighted by atomic mass is 10.2. The number of alkyl halides is 3. The fourth-order valence-electron chi connectivity index (χ4n) is 1.35. The van der Waals surface area contributed by atoms with E-state index in [1.165, 1.54) is 18.3 Å². The normalized spacial score (nSPS) is 10.9. The molecule has 7 nitrogen and oxygen atoms in total. The van der Waals surface area contributed by atoms with E-state index in [9.17, 15) is 22.8 Å². The largest absolute Gasteiger partial charge is 0.468 e. The van der Waals surface area contributed by atoms with Crippen molar-refractivity contribution in [3.8, 4) is 5.88 Å². The lowest BCUT2D eigenvalue weighted by molar-refractivity contribution is -0.154. The second kappa shape index (κ2) is 8.17. The second-order valence-corrected chi connectivity index (χ2v) is 4.13. The van der Waals surface area contributed by atoms with Crippen LogP contribution in [0.25, 0.3) is 0 Å². The van der Waals surface area contributed by atoms with Crippen molar-refractivity contribution in [3.05, 3.63) is 23.9 Å². The highest BCUT2D eigenvalue weighted by molar-refractivity contribution is 5.85. The van der Waals surface area contributed by atoms with Crippen LogP contribution in [0.15, 0.2) is 18.3 Å². The maximum absolute atomic E-state index is 12.1. The number of hydrogen-bond acceptors (Lipinski definition) is 5. The van der Waals surface area contributed by atoms with E-state index in [1.807, 2.05) is 0 Å². The zero-order valence-electron chi connectivity index (χ0n) is 11.4. The molecule has 22 heavy (non-hydrogen) atoms. The van der Waals surface area contributed by atoms with E-state index >= 15 is 0 Å². The molecule has 2 amide bonds. The number of amides is 2. The Kier molecular flexibility index (Phi) is 6.57. The molecular weight excluding hydrogens is 305 g/mol. The molecule has 1 aromatic heterocycles. The van der Waals surface area contributed by atoms with E-state index in [4.69, 9.17) is 5.73 Å². The first-order valence-electron chi connectivity index (χ1n) is 6.18. The summed E-state index contributed by atoms with van der Waals surface area (Å²) in [5.74, 6) is -1.23. The molecule has 0 radical (unpaired) electrons. The fourth-order valence-corrected chi connectivity index (χ4v) is 1.35. The molecule has 0 aliphatic rings. The number of aromatic nitrogens is 1. The van der Waals surface area contributed by atoms with E-state index in [0.717, 1.165) is 0 Å². The summed E-state index contributed by atoms with van der Waals surface area (Å²) in [4.78, 5) is 26.0. The third-order valence-corrected chi connectivity index (χ3v) is 2.33. The number of hydrogen-bond donors (Lipinski definition) is 3. The van der Waals surface area contributed by atoms with Crippen molar-refractivity contribution >= 4 is 11.8 Å². The van der Waals surface area contributed by atoms with Crippen LogP contribution in [0, 0.1) is 0 Å². The van der Waals surface area contributed by atoms with Gasteiger partial charge < -0.3 is 21.1 Å². The Balaban J connectivity index is 2.51. The third kappa shape index (κ3) is 6.88. The number of nitrogens with one attached hydrogen (secondary N) is 2. The molecule has 1 heterocycles. The maximum Gasteiger partial charge on any atom is 0.422 e. The summed E-state index contributed by atoms with van der Waals surface area (Å²) in [6, 6.07) is 2.97. The quantitative estimate of drug-likeness (QED) is 0.640. The number of ether oxygens (including phenoxy) is 1. The highest BCUT2D eigenvalue weighted by Crippen LogP contribution is 2.19. The molecule has 0 saturated carbocycles. The van der Waals surface area contributed by atoms with Gasteiger partial charge >= 0.3 is 6.18 Å². The number of rotatable bonds is 7. The molecule has 1 rings (SSSR count).